The number of nitrogens with zero attached hydrogens (tertiary/aromatic N) is 4. The zero-order valence-corrected chi connectivity index (χ0v) is 18.5. The lowest BCUT2D eigenvalue weighted by Gasteiger charge is -2.27. The Hall–Kier alpha value is -4.71. The minimum Gasteiger partial charge on any atom is -0.501 e. The fourth-order valence-corrected chi connectivity index (χ4v) is 4.03. The van der Waals surface area contributed by atoms with E-state index >= 15 is 0 Å². The lowest BCUT2D eigenvalue weighted by atomic mass is 9.80. The van der Waals surface area contributed by atoms with Crippen LogP contribution in [0.2, 0.25) is 0 Å². The van der Waals surface area contributed by atoms with Crippen LogP contribution in [0.1, 0.15) is 46.2 Å². The standard InChI is InChI=1S/C25H21N5O4/c1-15(20(16-9-5-4-6-10-16)18-11-7-8-12-19(18)26-2)23-29-21(22(31)25(33)30(23)3)24(32)28-17-13-27-34-14-17/h4-15,20,31H,1,3H3,(H,28,32)/t15-,20+/m1/s1. The number of carbonyl (C=O) groups excluding carboxylic acids is 1. The molecule has 2 N–H and O–H groups in total. The minimum atomic E-state index is -0.773. The van der Waals surface area contributed by atoms with Gasteiger partial charge in [0.15, 0.2) is 11.4 Å². The second-order valence-corrected chi connectivity index (χ2v) is 7.75. The molecule has 170 valence electrons. The summed E-state index contributed by atoms with van der Waals surface area (Å²) >= 11 is 0. The number of aromatic nitrogens is 3. The maximum absolute atomic E-state index is 12.9. The molecular formula is C25H21N5O4. The number of benzene rings is 2. The lowest BCUT2D eigenvalue weighted by molar-refractivity contribution is 0.101. The Kier molecular flexibility index (Phi) is 6.23. The summed E-state index contributed by atoms with van der Waals surface area (Å²) in [5.41, 5.74) is 1.28. The first-order valence-corrected chi connectivity index (χ1v) is 10.4. The maximum atomic E-state index is 12.9. The first kappa shape index (κ1) is 22.5. The summed E-state index contributed by atoms with van der Waals surface area (Å²) in [4.78, 5) is 33.7. The molecule has 0 aliphatic rings. The second kappa shape index (κ2) is 9.42. The van der Waals surface area contributed by atoms with Crippen molar-refractivity contribution < 1.29 is 14.4 Å². The number of nitrogens with one attached hydrogen (secondary N) is 1. The Balaban J connectivity index is 1.86. The van der Waals surface area contributed by atoms with Gasteiger partial charge < -0.3 is 14.9 Å². The smallest absolute Gasteiger partial charge is 0.296 e. The Morgan fingerprint density at radius 2 is 1.88 bits per heavy atom. The Morgan fingerprint density at radius 1 is 1.18 bits per heavy atom. The van der Waals surface area contributed by atoms with Crippen LogP contribution in [0.15, 0.2) is 76.4 Å². The number of para-hydroxylation sites is 1. The van der Waals surface area contributed by atoms with Crippen molar-refractivity contribution in [1.82, 2.24) is 14.7 Å². The molecule has 0 spiro atoms. The monoisotopic (exact) mass is 455 g/mol. The number of anilines is 1. The van der Waals surface area contributed by atoms with Gasteiger partial charge in [0.25, 0.3) is 11.5 Å². The summed E-state index contributed by atoms with van der Waals surface area (Å²) in [7, 11) is 1.49. The van der Waals surface area contributed by atoms with E-state index in [-0.39, 0.29) is 17.4 Å². The molecule has 2 aromatic carbocycles. The summed E-state index contributed by atoms with van der Waals surface area (Å²) in [6.07, 6.45) is 2.50. The maximum Gasteiger partial charge on any atom is 0.296 e. The van der Waals surface area contributed by atoms with Crippen molar-refractivity contribution >= 4 is 17.3 Å². The van der Waals surface area contributed by atoms with Gasteiger partial charge in [-0.3, -0.25) is 14.2 Å². The van der Waals surface area contributed by atoms with Crippen molar-refractivity contribution in [1.29, 1.82) is 0 Å². The summed E-state index contributed by atoms with van der Waals surface area (Å²) < 4.78 is 5.93. The molecule has 2 heterocycles. The molecule has 4 rings (SSSR count). The highest BCUT2D eigenvalue weighted by molar-refractivity contribution is 6.04. The number of carbonyl (C=O) groups is 1. The minimum absolute atomic E-state index is 0.259. The van der Waals surface area contributed by atoms with Gasteiger partial charge in [0.2, 0.25) is 5.75 Å². The summed E-state index contributed by atoms with van der Waals surface area (Å²) in [5, 5.41) is 16.4. The van der Waals surface area contributed by atoms with Crippen LogP contribution in [0.25, 0.3) is 4.85 Å². The van der Waals surface area contributed by atoms with Crippen LogP contribution in [-0.2, 0) is 7.05 Å². The summed E-state index contributed by atoms with van der Waals surface area (Å²) in [6.45, 7) is 9.50. The van der Waals surface area contributed by atoms with Crippen LogP contribution >= 0.6 is 0 Å². The zero-order valence-electron chi connectivity index (χ0n) is 18.5. The van der Waals surface area contributed by atoms with E-state index in [1.165, 1.54) is 24.1 Å². The van der Waals surface area contributed by atoms with Gasteiger partial charge in [-0.15, -0.1) is 0 Å². The van der Waals surface area contributed by atoms with E-state index in [1.54, 1.807) is 12.1 Å². The number of aromatic hydroxyl groups is 1. The zero-order chi connectivity index (χ0) is 24.2. The fraction of sp³-hybridized carbons (Fsp3) is 0.160. The molecular weight excluding hydrogens is 434 g/mol. The highest BCUT2D eigenvalue weighted by Crippen LogP contribution is 2.41. The number of amides is 1. The van der Waals surface area contributed by atoms with Gasteiger partial charge >= 0.3 is 0 Å². The van der Waals surface area contributed by atoms with E-state index in [2.05, 4.69) is 20.3 Å². The normalized spacial score (nSPS) is 12.5. The average molecular weight is 455 g/mol. The third-order valence-electron chi connectivity index (χ3n) is 5.67. The highest BCUT2D eigenvalue weighted by Gasteiger charge is 2.30. The van der Waals surface area contributed by atoms with E-state index in [4.69, 9.17) is 11.1 Å². The molecule has 0 bridgehead atoms. The van der Waals surface area contributed by atoms with Gasteiger partial charge in [0, 0.05) is 18.9 Å². The molecule has 0 radical (unpaired) electrons. The molecule has 0 aliphatic heterocycles. The Bertz CT molecular complexity index is 1420. The van der Waals surface area contributed by atoms with Crippen molar-refractivity contribution in [2.45, 2.75) is 18.8 Å². The molecule has 1 amide bonds. The highest BCUT2D eigenvalue weighted by atomic mass is 16.5. The van der Waals surface area contributed by atoms with Crippen molar-refractivity contribution in [3.8, 4) is 5.75 Å². The molecule has 9 nitrogen and oxygen atoms in total. The SMILES string of the molecule is [C-]#[N+]c1ccccc1[C@H](c1ccccc1)[C@@H](C)c1nc(C(=O)Nc2cnoc2)c(O)c(=O)n1C. The van der Waals surface area contributed by atoms with Crippen LogP contribution in [0.3, 0.4) is 0 Å². The molecule has 0 aliphatic carbocycles. The van der Waals surface area contributed by atoms with Crippen LogP contribution in [0, 0.1) is 6.57 Å². The van der Waals surface area contributed by atoms with E-state index < -0.39 is 28.8 Å². The topological polar surface area (TPSA) is 115 Å². The van der Waals surface area contributed by atoms with Crippen LogP contribution in [-0.4, -0.2) is 25.7 Å². The largest absolute Gasteiger partial charge is 0.501 e. The predicted octanol–water partition coefficient (Wildman–Crippen LogP) is 4.21. The molecule has 34 heavy (non-hydrogen) atoms. The molecule has 0 unspecified atom stereocenters. The predicted molar refractivity (Wildman–Crippen MR) is 125 cm³/mol. The van der Waals surface area contributed by atoms with Crippen LogP contribution in [0.5, 0.6) is 5.75 Å². The number of hydrogen-bond acceptors (Lipinski definition) is 6. The lowest BCUT2D eigenvalue weighted by Crippen LogP contribution is -2.29. The molecule has 2 atom stereocenters. The van der Waals surface area contributed by atoms with Crippen molar-refractivity contribution in [2.24, 2.45) is 7.05 Å². The van der Waals surface area contributed by atoms with Crippen molar-refractivity contribution in [3.05, 3.63) is 111 Å². The molecule has 2 aromatic heterocycles. The first-order valence-electron chi connectivity index (χ1n) is 10.4. The first-order chi connectivity index (χ1) is 16.4. The average Bonchev–Trinajstić information content (AvgIpc) is 3.36. The van der Waals surface area contributed by atoms with Crippen LogP contribution in [0.4, 0.5) is 11.4 Å². The van der Waals surface area contributed by atoms with E-state index in [0.717, 1.165) is 11.1 Å². The van der Waals surface area contributed by atoms with Gasteiger partial charge in [-0.1, -0.05) is 66.7 Å². The summed E-state index contributed by atoms with van der Waals surface area (Å²) in [5.74, 6) is -2.03. The Morgan fingerprint density at radius 3 is 2.56 bits per heavy atom. The second-order valence-electron chi connectivity index (χ2n) is 7.75. The van der Waals surface area contributed by atoms with Gasteiger partial charge in [0.1, 0.15) is 17.8 Å². The number of hydrogen-bond donors (Lipinski definition) is 2. The van der Waals surface area contributed by atoms with E-state index in [1.807, 2.05) is 49.4 Å². The van der Waals surface area contributed by atoms with Crippen LogP contribution < -0.4 is 10.9 Å². The van der Waals surface area contributed by atoms with Gasteiger partial charge in [-0.05, 0) is 11.1 Å². The van der Waals surface area contributed by atoms with Crippen molar-refractivity contribution in [3.63, 3.8) is 0 Å². The molecule has 0 saturated carbocycles. The van der Waals surface area contributed by atoms with Gasteiger partial charge in [-0.2, -0.15) is 0 Å². The molecule has 0 fully saturated rings. The van der Waals surface area contributed by atoms with Gasteiger partial charge in [0.05, 0.1) is 12.8 Å². The van der Waals surface area contributed by atoms with E-state index in [0.29, 0.717) is 5.69 Å². The van der Waals surface area contributed by atoms with Crippen molar-refractivity contribution in [2.75, 3.05) is 5.32 Å². The summed E-state index contributed by atoms with van der Waals surface area (Å²) in [6, 6.07) is 16.9. The third-order valence-corrected chi connectivity index (χ3v) is 5.67. The third kappa shape index (κ3) is 4.17. The molecule has 4 aromatic rings. The molecule has 0 saturated heterocycles. The van der Waals surface area contributed by atoms with Gasteiger partial charge in [-0.25, -0.2) is 9.83 Å². The number of rotatable bonds is 6. The fourth-order valence-electron chi connectivity index (χ4n) is 4.03. The van der Waals surface area contributed by atoms with E-state index in [9.17, 15) is 14.7 Å². The Labute approximate surface area is 195 Å². The quantitative estimate of drug-likeness (QED) is 0.421. The molecule has 9 heteroatoms.